The van der Waals surface area contributed by atoms with Crippen LogP contribution in [-0.2, 0) is 9.53 Å². The second-order valence-electron chi connectivity index (χ2n) is 7.35. The van der Waals surface area contributed by atoms with E-state index in [1.807, 2.05) is 24.3 Å². The molecule has 7 nitrogen and oxygen atoms in total. The molecule has 0 unspecified atom stereocenters. The fraction of sp³-hybridized carbons (Fsp3) is 0.273. The van der Waals surface area contributed by atoms with Crippen LogP contribution in [0, 0.1) is 5.82 Å². The van der Waals surface area contributed by atoms with Crippen molar-refractivity contribution in [3.8, 4) is 0 Å². The number of anilines is 2. The molecule has 2 aromatic carbocycles. The Hall–Kier alpha value is -3.39. The van der Waals surface area contributed by atoms with Gasteiger partial charge < -0.3 is 24.8 Å². The van der Waals surface area contributed by atoms with Crippen LogP contribution in [0.2, 0.25) is 0 Å². The SMILES string of the molecule is COC(=O)c1[nH]c2ccccc2c1NC(=O)C[NH+]1CCN(c2ccc(F)cc2)CC1. The number of aromatic amines is 1. The smallest absolute Gasteiger partial charge is 0.356 e. The van der Waals surface area contributed by atoms with E-state index in [-0.39, 0.29) is 17.4 Å². The molecule has 0 spiro atoms. The second kappa shape index (κ2) is 8.54. The van der Waals surface area contributed by atoms with E-state index >= 15 is 0 Å². The van der Waals surface area contributed by atoms with E-state index in [2.05, 4.69) is 15.2 Å². The van der Waals surface area contributed by atoms with Gasteiger partial charge in [0, 0.05) is 16.6 Å². The molecule has 0 bridgehead atoms. The number of carbonyl (C=O) groups excluding carboxylic acids is 2. The number of methoxy groups -OCH3 is 1. The van der Waals surface area contributed by atoms with Crippen molar-refractivity contribution in [3.05, 3.63) is 60.0 Å². The molecule has 156 valence electrons. The second-order valence-corrected chi connectivity index (χ2v) is 7.35. The number of piperazine rings is 1. The number of esters is 1. The van der Waals surface area contributed by atoms with Gasteiger partial charge in [0.1, 0.15) is 11.5 Å². The quantitative estimate of drug-likeness (QED) is 0.555. The van der Waals surface area contributed by atoms with Gasteiger partial charge in [-0.25, -0.2) is 9.18 Å². The van der Waals surface area contributed by atoms with Gasteiger partial charge >= 0.3 is 5.97 Å². The molecule has 3 N–H and O–H groups in total. The van der Waals surface area contributed by atoms with Crippen LogP contribution in [0.1, 0.15) is 10.5 Å². The van der Waals surface area contributed by atoms with Crippen molar-refractivity contribution in [2.75, 3.05) is 50.1 Å². The Morgan fingerprint density at radius 1 is 1.13 bits per heavy atom. The molecule has 0 aliphatic carbocycles. The summed E-state index contributed by atoms with van der Waals surface area (Å²) in [6.07, 6.45) is 0. The van der Waals surface area contributed by atoms with Crippen LogP contribution >= 0.6 is 0 Å². The topological polar surface area (TPSA) is 78.9 Å². The normalized spacial score (nSPS) is 14.7. The van der Waals surface area contributed by atoms with Crippen LogP contribution in [-0.4, -0.2) is 56.7 Å². The Morgan fingerprint density at radius 3 is 2.53 bits per heavy atom. The molecule has 0 atom stereocenters. The third kappa shape index (κ3) is 4.13. The highest BCUT2D eigenvalue weighted by molar-refractivity contribution is 6.11. The van der Waals surface area contributed by atoms with Crippen molar-refractivity contribution in [1.82, 2.24) is 4.98 Å². The number of halogens is 1. The minimum Gasteiger partial charge on any atom is -0.464 e. The fourth-order valence-corrected chi connectivity index (χ4v) is 3.85. The standard InChI is InChI=1S/C22H23FN4O3/c1-30-22(29)21-20(17-4-2-3-5-18(17)24-21)25-19(28)14-26-10-12-27(13-11-26)16-8-6-15(23)7-9-16/h2-9,24H,10-14H2,1H3,(H,25,28)/p+1. The lowest BCUT2D eigenvalue weighted by Crippen LogP contribution is -3.15. The molecular formula is C22H24FN4O3+. The number of amides is 1. The van der Waals surface area contributed by atoms with Crippen LogP contribution in [0.4, 0.5) is 15.8 Å². The Kier molecular flexibility index (Phi) is 5.67. The number of hydrogen-bond donors (Lipinski definition) is 3. The first kappa shape index (κ1) is 19.9. The summed E-state index contributed by atoms with van der Waals surface area (Å²) >= 11 is 0. The average Bonchev–Trinajstić information content (AvgIpc) is 3.13. The van der Waals surface area contributed by atoms with Crippen LogP contribution < -0.4 is 15.1 Å². The highest BCUT2D eigenvalue weighted by atomic mass is 19.1. The van der Waals surface area contributed by atoms with Crippen molar-refractivity contribution in [1.29, 1.82) is 0 Å². The van der Waals surface area contributed by atoms with Crippen LogP contribution in [0.15, 0.2) is 48.5 Å². The Morgan fingerprint density at radius 2 is 1.83 bits per heavy atom. The van der Waals surface area contributed by atoms with E-state index in [1.54, 1.807) is 12.1 Å². The number of H-pyrrole nitrogens is 1. The number of rotatable bonds is 5. The van der Waals surface area contributed by atoms with Gasteiger partial charge in [0.15, 0.2) is 6.54 Å². The molecule has 1 aliphatic rings. The number of aromatic nitrogens is 1. The van der Waals surface area contributed by atoms with Crippen molar-refractivity contribution < 1.29 is 23.6 Å². The van der Waals surface area contributed by atoms with Gasteiger partial charge in [0.05, 0.1) is 39.0 Å². The average molecular weight is 411 g/mol. The van der Waals surface area contributed by atoms with Crippen molar-refractivity contribution in [2.24, 2.45) is 0 Å². The van der Waals surface area contributed by atoms with Gasteiger partial charge in [0.2, 0.25) is 0 Å². The molecule has 1 aliphatic heterocycles. The molecule has 30 heavy (non-hydrogen) atoms. The number of nitrogens with one attached hydrogen (secondary N) is 3. The van der Waals surface area contributed by atoms with E-state index in [9.17, 15) is 14.0 Å². The maximum Gasteiger partial charge on any atom is 0.356 e. The van der Waals surface area contributed by atoms with E-state index in [0.29, 0.717) is 12.2 Å². The van der Waals surface area contributed by atoms with Gasteiger partial charge in [-0.3, -0.25) is 4.79 Å². The summed E-state index contributed by atoms with van der Waals surface area (Å²) < 4.78 is 18.0. The minimum absolute atomic E-state index is 0.157. The first-order valence-electron chi connectivity index (χ1n) is 9.88. The zero-order valence-electron chi connectivity index (χ0n) is 16.7. The lowest BCUT2D eigenvalue weighted by atomic mass is 10.2. The molecule has 0 saturated carbocycles. The predicted octanol–water partition coefficient (Wildman–Crippen LogP) is 1.44. The monoisotopic (exact) mass is 411 g/mol. The molecule has 1 amide bonds. The maximum absolute atomic E-state index is 13.1. The van der Waals surface area contributed by atoms with Gasteiger partial charge in [-0.15, -0.1) is 0 Å². The van der Waals surface area contributed by atoms with Crippen LogP contribution in [0.5, 0.6) is 0 Å². The number of ether oxygens (including phenoxy) is 1. The summed E-state index contributed by atoms with van der Waals surface area (Å²) in [4.78, 5) is 31.2. The first-order chi connectivity index (χ1) is 14.5. The van der Waals surface area contributed by atoms with Gasteiger partial charge in [0.25, 0.3) is 5.91 Å². The first-order valence-corrected chi connectivity index (χ1v) is 9.88. The summed E-state index contributed by atoms with van der Waals surface area (Å²) in [5, 5.41) is 3.66. The Bertz CT molecular complexity index is 1060. The zero-order valence-corrected chi connectivity index (χ0v) is 16.7. The summed E-state index contributed by atoms with van der Waals surface area (Å²) in [6, 6.07) is 13.9. The van der Waals surface area contributed by atoms with E-state index in [0.717, 1.165) is 47.7 Å². The van der Waals surface area contributed by atoms with Crippen molar-refractivity contribution >= 4 is 34.2 Å². The summed E-state index contributed by atoms with van der Waals surface area (Å²) in [7, 11) is 1.31. The van der Waals surface area contributed by atoms with Gasteiger partial charge in [-0.2, -0.15) is 0 Å². The number of quaternary nitrogens is 1. The highest BCUT2D eigenvalue weighted by Crippen LogP contribution is 2.28. The number of nitrogens with zero attached hydrogens (tertiary/aromatic N) is 1. The molecular weight excluding hydrogens is 387 g/mol. The molecule has 8 heteroatoms. The number of hydrogen-bond acceptors (Lipinski definition) is 4. The molecule has 2 heterocycles. The number of para-hydroxylation sites is 1. The van der Waals surface area contributed by atoms with Crippen LogP contribution in [0.3, 0.4) is 0 Å². The summed E-state index contributed by atoms with van der Waals surface area (Å²) in [6.45, 7) is 3.46. The molecule has 1 saturated heterocycles. The number of carbonyl (C=O) groups is 2. The van der Waals surface area contributed by atoms with Crippen molar-refractivity contribution in [3.63, 3.8) is 0 Å². The molecule has 4 rings (SSSR count). The third-order valence-corrected chi connectivity index (χ3v) is 5.43. The molecule has 0 radical (unpaired) electrons. The third-order valence-electron chi connectivity index (χ3n) is 5.43. The summed E-state index contributed by atoms with van der Waals surface area (Å²) in [5.41, 5.74) is 2.44. The van der Waals surface area contributed by atoms with Gasteiger partial charge in [-0.05, 0) is 30.3 Å². The minimum atomic E-state index is -0.526. The van der Waals surface area contributed by atoms with E-state index < -0.39 is 5.97 Å². The lowest BCUT2D eigenvalue weighted by molar-refractivity contribution is -0.892. The van der Waals surface area contributed by atoms with Gasteiger partial charge in [-0.1, -0.05) is 18.2 Å². The van der Waals surface area contributed by atoms with E-state index in [4.69, 9.17) is 4.74 Å². The molecule has 3 aromatic rings. The van der Waals surface area contributed by atoms with E-state index in [1.165, 1.54) is 19.2 Å². The fourth-order valence-electron chi connectivity index (χ4n) is 3.85. The highest BCUT2D eigenvalue weighted by Gasteiger charge is 2.25. The Labute approximate surface area is 173 Å². The maximum atomic E-state index is 13.1. The van der Waals surface area contributed by atoms with Crippen LogP contribution in [0.25, 0.3) is 10.9 Å². The van der Waals surface area contributed by atoms with Crippen molar-refractivity contribution in [2.45, 2.75) is 0 Å². The largest absolute Gasteiger partial charge is 0.464 e. The number of benzene rings is 2. The predicted molar refractivity (Wildman–Crippen MR) is 112 cm³/mol. The summed E-state index contributed by atoms with van der Waals surface area (Å²) in [5.74, 6) is -0.930. The number of fused-ring (bicyclic) bond motifs is 1. The Balaban J connectivity index is 1.40. The molecule has 1 aromatic heterocycles. The lowest BCUT2D eigenvalue weighted by Gasteiger charge is -2.33. The zero-order chi connectivity index (χ0) is 21.1. The molecule has 1 fully saturated rings.